The molecule has 2 rings (SSSR count). The molecule has 1 aromatic carbocycles. The maximum absolute atomic E-state index is 11.8. The smallest absolute Gasteiger partial charge is 0.246 e. The van der Waals surface area contributed by atoms with Gasteiger partial charge in [0.2, 0.25) is 10.6 Å². The molecule has 0 aliphatic rings. The van der Waals surface area contributed by atoms with Gasteiger partial charge in [0.25, 0.3) is 0 Å². The predicted octanol–water partition coefficient (Wildman–Crippen LogP) is 3.10. The van der Waals surface area contributed by atoms with Crippen LogP contribution >= 0.6 is 43.5 Å². The number of nitrogens with one attached hydrogen (secondary N) is 1. The Morgan fingerprint density at radius 3 is 2.83 bits per heavy atom. The fourth-order valence-electron chi connectivity index (χ4n) is 1.30. The fraction of sp³-hybridized carbons (Fsp3) is 0.100. The lowest BCUT2D eigenvalue weighted by atomic mass is 10.3. The zero-order valence-electron chi connectivity index (χ0n) is 8.90. The normalized spacial score (nSPS) is 10.4. The van der Waals surface area contributed by atoms with Crippen LogP contribution in [-0.2, 0) is 11.3 Å². The Bertz CT molecular complexity index is 587. The van der Waals surface area contributed by atoms with Crippen LogP contribution in [0.4, 0.5) is 5.69 Å². The topological polar surface area (TPSA) is 59.8 Å². The molecule has 1 amide bonds. The van der Waals surface area contributed by atoms with Crippen molar-refractivity contribution in [3.8, 4) is 0 Å². The highest BCUT2D eigenvalue weighted by Crippen LogP contribution is 2.15. The summed E-state index contributed by atoms with van der Waals surface area (Å²) in [7, 11) is 0. The lowest BCUT2D eigenvalue weighted by molar-refractivity contribution is -0.116. The van der Waals surface area contributed by atoms with Gasteiger partial charge in [0.15, 0.2) is 4.73 Å². The van der Waals surface area contributed by atoms with Crippen LogP contribution in [0.3, 0.4) is 0 Å². The van der Waals surface area contributed by atoms with Crippen molar-refractivity contribution in [3.63, 3.8) is 0 Å². The van der Waals surface area contributed by atoms with Gasteiger partial charge in [-0.25, -0.2) is 4.68 Å². The summed E-state index contributed by atoms with van der Waals surface area (Å²) in [4.78, 5) is 15.7. The molecule has 0 fully saturated rings. The van der Waals surface area contributed by atoms with E-state index in [1.807, 2.05) is 0 Å². The van der Waals surface area contributed by atoms with Crippen molar-refractivity contribution < 1.29 is 4.79 Å². The van der Waals surface area contributed by atoms with Gasteiger partial charge in [0, 0.05) is 10.7 Å². The van der Waals surface area contributed by atoms with E-state index < -0.39 is 0 Å². The van der Waals surface area contributed by atoms with Crippen molar-refractivity contribution in [2.24, 2.45) is 0 Å². The van der Waals surface area contributed by atoms with Crippen molar-refractivity contribution >= 4 is 55.1 Å². The van der Waals surface area contributed by atoms with E-state index in [0.717, 1.165) is 0 Å². The number of rotatable bonds is 3. The second-order valence-electron chi connectivity index (χ2n) is 3.37. The molecular weight excluding hydrogens is 387 g/mol. The summed E-state index contributed by atoms with van der Waals surface area (Å²) in [5.74, 6) is -0.213. The van der Waals surface area contributed by atoms with Gasteiger partial charge in [-0.05, 0) is 50.1 Å². The molecule has 1 heterocycles. The Morgan fingerprint density at radius 2 is 2.22 bits per heavy atom. The van der Waals surface area contributed by atoms with Crippen molar-refractivity contribution in [1.29, 1.82) is 0 Å². The highest BCUT2D eigenvalue weighted by Gasteiger charge is 2.10. The van der Waals surface area contributed by atoms with Gasteiger partial charge in [-0.2, -0.15) is 4.98 Å². The average Bonchev–Trinajstić information content (AvgIpc) is 2.57. The van der Waals surface area contributed by atoms with E-state index in [2.05, 4.69) is 47.3 Å². The molecule has 0 aliphatic carbocycles. The van der Waals surface area contributed by atoms with Crippen LogP contribution < -0.4 is 5.32 Å². The number of nitrogens with zero attached hydrogens (tertiary/aromatic N) is 3. The van der Waals surface area contributed by atoms with E-state index in [1.54, 1.807) is 24.3 Å². The number of hydrogen-bond donors (Lipinski definition) is 1. The summed E-state index contributed by atoms with van der Waals surface area (Å²) in [5.41, 5.74) is 0.641. The second-order valence-corrected chi connectivity index (χ2v) is 5.22. The lowest BCUT2D eigenvalue weighted by Crippen LogP contribution is -2.19. The number of halogens is 3. The minimum atomic E-state index is -0.213. The molecule has 1 aromatic heterocycles. The highest BCUT2D eigenvalue weighted by molar-refractivity contribution is 9.11. The largest absolute Gasteiger partial charge is 0.324 e. The predicted molar refractivity (Wildman–Crippen MR) is 75.5 cm³/mol. The second kappa shape index (κ2) is 5.81. The molecule has 2 aromatic rings. The Balaban J connectivity index is 2.03. The number of benzene rings is 1. The minimum Gasteiger partial charge on any atom is -0.324 e. The first-order valence-corrected chi connectivity index (χ1v) is 6.82. The molecule has 0 spiro atoms. The number of amides is 1. The Labute approximate surface area is 125 Å². The minimum absolute atomic E-state index is 0.0612. The van der Waals surface area contributed by atoms with Gasteiger partial charge in [0.1, 0.15) is 6.54 Å². The van der Waals surface area contributed by atoms with Crippen molar-refractivity contribution in [3.05, 3.63) is 38.8 Å². The summed E-state index contributed by atoms with van der Waals surface area (Å²) in [6.45, 7) is 0.0612. The van der Waals surface area contributed by atoms with Gasteiger partial charge in [-0.3, -0.25) is 4.79 Å². The molecule has 0 saturated heterocycles. The fourth-order valence-corrected chi connectivity index (χ4v) is 2.46. The first-order chi connectivity index (χ1) is 8.54. The van der Waals surface area contributed by atoms with Gasteiger partial charge in [-0.15, -0.1) is 5.10 Å². The average molecular weight is 394 g/mol. The zero-order valence-corrected chi connectivity index (χ0v) is 12.8. The third-order valence-corrected chi connectivity index (χ3v) is 3.16. The van der Waals surface area contributed by atoms with Crippen LogP contribution in [0.15, 0.2) is 33.7 Å². The number of carbonyl (C=O) groups excluding carboxylic acids is 1. The zero-order chi connectivity index (χ0) is 13.1. The monoisotopic (exact) mass is 392 g/mol. The molecule has 0 unspecified atom stereocenters. The van der Waals surface area contributed by atoms with Crippen molar-refractivity contribution in [2.45, 2.75) is 6.54 Å². The molecule has 8 heteroatoms. The number of carbonyl (C=O) groups is 1. The van der Waals surface area contributed by atoms with Crippen LogP contribution in [0.25, 0.3) is 0 Å². The lowest BCUT2D eigenvalue weighted by Gasteiger charge is -2.05. The van der Waals surface area contributed by atoms with E-state index in [1.165, 1.54) is 4.68 Å². The van der Waals surface area contributed by atoms with E-state index in [0.29, 0.717) is 20.2 Å². The molecule has 1 N–H and O–H groups in total. The van der Waals surface area contributed by atoms with Crippen LogP contribution in [0.5, 0.6) is 0 Å². The molecule has 0 aliphatic heterocycles. The maximum Gasteiger partial charge on any atom is 0.246 e. The summed E-state index contributed by atoms with van der Waals surface area (Å²) in [5, 5.41) is 7.28. The van der Waals surface area contributed by atoms with Crippen molar-refractivity contribution in [1.82, 2.24) is 14.8 Å². The number of aromatic nitrogens is 3. The standard InChI is InChI=1S/C10H7Br2ClN4O/c11-9-15-10(12)17(16-9)5-8(18)14-7-3-1-2-6(13)4-7/h1-4H,5H2,(H,14,18). The number of hydrogen-bond acceptors (Lipinski definition) is 3. The van der Waals surface area contributed by atoms with Gasteiger partial charge >= 0.3 is 0 Å². The highest BCUT2D eigenvalue weighted by atomic mass is 79.9. The Hall–Kier alpha value is -0.920. The third kappa shape index (κ3) is 3.54. The quantitative estimate of drug-likeness (QED) is 0.870. The summed E-state index contributed by atoms with van der Waals surface area (Å²) < 4.78 is 2.34. The molecule has 94 valence electrons. The summed E-state index contributed by atoms with van der Waals surface area (Å²) in [6.07, 6.45) is 0. The molecule has 0 atom stereocenters. The maximum atomic E-state index is 11.8. The molecule has 0 saturated carbocycles. The van der Waals surface area contributed by atoms with Crippen LogP contribution in [-0.4, -0.2) is 20.7 Å². The summed E-state index contributed by atoms with van der Waals surface area (Å²) >= 11 is 12.2. The first kappa shape index (κ1) is 13.5. The van der Waals surface area contributed by atoms with E-state index in [-0.39, 0.29) is 12.5 Å². The van der Waals surface area contributed by atoms with Gasteiger partial charge in [0.05, 0.1) is 0 Å². The Morgan fingerprint density at radius 1 is 1.44 bits per heavy atom. The Kier molecular flexibility index (Phi) is 4.36. The van der Waals surface area contributed by atoms with Gasteiger partial charge < -0.3 is 5.32 Å². The molecule has 0 radical (unpaired) electrons. The van der Waals surface area contributed by atoms with Gasteiger partial charge in [-0.1, -0.05) is 17.7 Å². The van der Waals surface area contributed by atoms with E-state index in [9.17, 15) is 4.79 Å². The SMILES string of the molecule is O=C(Cn1nc(Br)nc1Br)Nc1cccc(Cl)c1. The van der Waals surface area contributed by atoms with E-state index >= 15 is 0 Å². The molecule has 18 heavy (non-hydrogen) atoms. The van der Waals surface area contributed by atoms with Crippen LogP contribution in [0, 0.1) is 0 Å². The van der Waals surface area contributed by atoms with E-state index in [4.69, 9.17) is 11.6 Å². The van der Waals surface area contributed by atoms with Crippen LogP contribution in [0.2, 0.25) is 5.02 Å². The van der Waals surface area contributed by atoms with Crippen molar-refractivity contribution in [2.75, 3.05) is 5.32 Å². The van der Waals surface area contributed by atoms with Crippen LogP contribution in [0.1, 0.15) is 0 Å². The molecular formula is C10H7Br2ClN4O. The molecule has 5 nitrogen and oxygen atoms in total. The number of anilines is 1. The molecule has 0 bridgehead atoms. The first-order valence-electron chi connectivity index (χ1n) is 4.86. The summed E-state index contributed by atoms with van der Waals surface area (Å²) in [6, 6.07) is 6.93. The third-order valence-electron chi connectivity index (χ3n) is 2.00.